The molecule has 0 spiro atoms. The quantitative estimate of drug-likeness (QED) is 0.283. The van der Waals surface area contributed by atoms with Crippen LogP contribution in [-0.2, 0) is 26.2 Å². The summed E-state index contributed by atoms with van der Waals surface area (Å²) in [6.45, 7) is 5.74. The molecule has 1 fully saturated rings. The molecule has 1 aromatic heterocycles. The first-order valence-electron chi connectivity index (χ1n) is 14.5. The molecule has 44 heavy (non-hydrogen) atoms. The van der Waals surface area contributed by atoms with Gasteiger partial charge in [0.15, 0.2) is 11.4 Å². The number of aromatic hydroxyl groups is 1. The Morgan fingerprint density at radius 1 is 1.07 bits per heavy atom. The molecule has 1 amide bonds. The number of fused-ring (bicyclic) bond motifs is 4. The number of aliphatic hydroxyl groups is 3. The standard InChI is InChI=1S/C34H35N3O7/c1-33(2,3)21-13-18(22-12-15-8-6-7-9-16(15)14-36-22)19-10-17-11-20-26(37(4)5)29(40)25(32(35)43)31(42)34(20,44)30(41)23(17)28(39)24(19)27(21)38/h6-9,12-14,17,20,26,38-39,42,44H,10-11H2,1-5H3,(H2,35,43)/t17-,20-,26-,34-/m0/s1. The van der Waals surface area contributed by atoms with Gasteiger partial charge >= 0.3 is 0 Å². The molecule has 3 aliphatic rings. The highest BCUT2D eigenvalue weighted by Crippen LogP contribution is 2.54. The minimum atomic E-state index is -2.69. The van der Waals surface area contributed by atoms with Crippen molar-refractivity contribution in [2.45, 2.75) is 50.7 Å². The molecule has 1 saturated carbocycles. The van der Waals surface area contributed by atoms with Crippen molar-refractivity contribution >= 4 is 34.0 Å². The Morgan fingerprint density at radius 3 is 2.34 bits per heavy atom. The summed E-state index contributed by atoms with van der Waals surface area (Å²) in [7, 11) is 3.14. The summed E-state index contributed by atoms with van der Waals surface area (Å²) in [5, 5.41) is 48.4. The molecule has 6 rings (SSSR count). The number of phenols is 1. The van der Waals surface area contributed by atoms with Crippen molar-refractivity contribution in [3.63, 3.8) is 0 Å². The third-order valence-electron chi connectivity index (χ3n) is 9.44. The number of hydrogen-bond acceptors (Lipinski definition) is 9. The predicted octanol–water partition coefficient (Wildman–Crippen LogP) is 3.48. The van der Waals surface area contributed by atoms with E-state index < -0.39 is 63.5 Å². The number of carbonyl (C=O) groups is 3. The number of primary amides is 1. The van der Waals surface area contributed by atoms with E-state index in [1.165, 1.54) is 4.90 Å². The van der Waals surface area contributed by atoms with Crippen LogP contribution in [0.15, 0.2) is 59.5 Å². The minimum absolute atomic E-state index is 0.0120. The van der Waals surface area contributed by atoms with Gasteiger partial charge in [0.05, 0.1) is 17.3 Å². The maximum absolute atomic E-state index is 14.2. The lowest BCUT2D eigenvalue weighted by Gasteiger charge is -2.50. The highest BCUT2D eigenvalue weighted by atomic mass is 16.3. The van der Waals surface area contributed by atoms with E-state index in [4.69, 9.17) is 10.7 Å². The lowest BCUT2D eigenvalue weighted by Crippen LogP contribution is -2.65. The van der Waals surface area contributed by atoms with Crippen LogP contribution in [0.4, 0.5) is 0 Å². The van der Waals surface area contributed by atoms with Gasteiger partial charge < -0.3 is 26.2 Å². The van der Waals surface area contributed by atoms with Crippen molar-refractivity contribution in [3.05, 3.63) is 76.2 Å². The average Bonchev–Trinajstić information content (AvgIpc) is 2.94. The van der Waals surface area contributed by atoms with Gasteiger partial charge in [-0.25, -0.2) is 0 Å². The zero-order valence-electron chi connectivity index (χ0n) is 25.2. The zero-order valence-corrected chi connectivity index (χ0v) is 25.2. The smallest absolute Gasteiger partial charge is 0.255 e. The van der Waals surface area contributed by atoms with Gasteiger partial charge in [0, 0.05) is 34.2 Å². The van der Waals surface area contributed by atoms with Crippen LogP contribution in [0.3, 0.4) is 0 Å². The number of nitrogens with zero attached hydrogens (tertiary/aromatic N) is 2. The Balaban J connectivity index is 1.63. The van der Waals surface area contributed by atoms with Gasteiger partial charge in [-0.1, -0.05) is 45.0 Å². The molecule has 2 aromatic carbocycles. The second-order valence-electron chi connectivity index (χ2n) is 13.3. The number of pyridine rings is 1. The number of benzene rings is 2. The van der Waals surface area contributed by atoms with Crippen molar-refractivity contribution in [2.75, 3.05) is 14.1 Å². The fraction of sp³-hybridized carbons (Fsp3) is 0.353. The molecule has 228 valence electrons. The molecule has 0 unspecified atom stereocenters. The van der Waals surface area contributed by atoms with E-state index in [0.717, 1.165) is 10.8 Å². The Bertz CT molecular complexity index is 1870. The number of hydrogen-bond donors (Lipinski definition) is 5. The van der Waals surface area contributed by atoms with Gasteiger partial charge in [0.2, 0.25) is 5.78 Å². The number of phenolic OH excluding ortho intramolecular Hbond substituents is 1. The van der Waals surface area contributed by atoms with Crippen LogP contribution in [0.1, 0.15) is 43.9 Å². The molecule has 10 nitrogen and oxygen atoms in total. The fourth-order valence-electron chi connectivity index (χ4n) is 7.34. The van der Waals surface area contributed by atoms with Gasteiger partial charge in [0.25, 0.3) is 5.91 Å². The van der Waals surface area contributed by atoms with Gasteiger partial charge in [-0.05, 0) is 61.4 Å². The second-order valence-corrected chi connectivity index (χ2v) is 13.3. The first-order chi connectivity index (χ1) is 20.6. The number of rotatable bonds is 3. The first kappa shape index (κ1) is 29.5. The van der Waals surface area contributed by atoms with Gasteiger partial charge in [-0.3, -0.25) is 24.3 Å². The van der Waals surface area contributed by atoms with E-state index in [1.807, 2.05) is 57.2 Å². The highest BCUT2D eigenvalue weighted by molar-refractivity contribution is 6.24. The normalized spacial score (nSPS) is 25.3. The summed E-state index contributed by atoms with van der Waals surface area (Å²) in [6.07, 6.45) is 1.95. The lowest BCUT2D eigenvalue weighted by atomic mass is 9.57. The lowest BCUT2D eigenvalue weighted by molar-refractivity contribution is -0.153. The third kappa shape index (κ3) is 4.01. The van der Waals surface area contributed by atoms with Gasteiger partial charge in [-0.15, -0.1) is 0 Å². The zero-order chi connectivity index (χ0) is 32.0. The Morgan fingerprint density at radius 2 is 1.73 bits per heavy atom. The number of Topliss-reactive ketones (excluding diaryl/α,β-unsaturated/α-hetero) is 2. The Labute approximate surface area is 254 Å². The summed E-state index contributed by atoms with van der Waals surface area (Å²) in [6, 6.07) is 10.4. The summed E-state index contributed by atoms with van der Waals surface area (Å²) in [4.78, 5) is 46.1. The molecule has 0 saturated heterocycles. The number of nitrogens with two attached hydrogens (primary N) is 1. The molecule has 3 aromatic rings. The van der Waals surface area contributed by atoms with Crippen molar-refractivity contribution in [2.24, 2.45) is 17.6 Å². The SMILES string of the molecule is CN(C)[C@@H]1C(=O)C(C(N)=O)=C(O)[C@@]2(O)C(=O)C3=C(O)c4c(O)c(C(C)(C)C)cc(-c5cc6ccccc6cn5)c4C[C@H]3C[C@@H]12. The molecule has 10 heteroatoms. The summed E-state index contributed by atoms with van der Waals surface area (Å²) in [5.74, 6) is -6.76. The van der Waals surface area contributed by atoms with Crippen LogP contribution >= 0.6 is 0 Å². The van der Waals surface area contributed by atoms with E-state index >= 15 is 0 Å². The van der Waals surface area contributed by atoms with E-state index in [0.29, 0.717) is 22.4 Å². The highest BCUT2D eigenvalue weighted by Gasteiger charge is 2.64. The molecule has 0 radical (unpaired) electrons. The molecule has 3 aliphatic carbocycles. The maximum atomic E-state index is 14.2. The number of aromatic nitrogens is 1. The third-order valence-corrected chi connectivity index (χ3v) is 9.44. The summed E-state index contributed by atoms with van der Waals surface area (Å²) >= 11 is 0. The largest absolute Gasteiger partial charge is 0.508 e. The second kappa shape index (κ2) is 9.73. The minimum Gasteiger partial charge on any atom is -0.508 e. The molecule has 0 aliphatic heterocycles. The molecule has 6 N–H and O–H groups in total. The topological polar surface area (TPSA) is 174 Å². The van der Waals surface area contributed by atoms with E-state index in [1.54, 1.807) is 20.3 Å². The van der Waals surface area contributed by atoms with E-state index in [2.05, 4.69) is 0 Å². The van der Waals surface area contributed by atoms with Crippen LogP contribution in [0.2, 0.25) is 0 Å². The summed E-state index contributed by atoms with van der Waals surface area (Å²) in [5.41, 5.74) is 3.57. The first-order valence-corrected chi connectivity index (χ1v) is 14.5. The van der Waals surface area contributed by atoms with Crippen LogP contribution < -0.4 is 5.73 Å². The molecule has 4 atom stereocenters. The monoisotopic (exact) mass is 597 g/mol. The number of amides is 1. The molecule has 1 heterocycles. The van der Waals surface area contributed by atoms with Crippen LogP contribution in [0.5, 0.6) is 5.75 Å². The number of aliphatic hydroxyl groups excluding tert-OH is 2. The number of ketones is 2. The maximum Gasteiger partial charge on any atom is 0.255 e. The average molecular weight is 598 g/mol. The summed E-state index contributed by atoms with van der Waals surface area (Å²) < 4.78 is 0. The van der Waals surface area contributed by atoms with Crippen molar-refractivity contribution in [1.29, 1.82) is 0 Å². The molecular weight excluding hydrogens is 562 g/mol. The fourth-order valence-corrected chi connectivity index (χ4v) is 7.34. The number of likely N-dealkylation sites (N-methyl/N-ethyl adjacent to an activating group) is 1. The Hall–Kier alpha value is -4.54. The van der Waals surface area contributed by atoms with Crippen molar-refractivity contribution < 1.29 is 34.8 Å². The van der Waals surface area contributed by atoms with Crippen LogP contribution in [-0.4, -0.2) is 73.5 Å². The van der Waals surface area contributed by atoms with E-state index in [-0.39, 0.29) is 29.7 Å². The van der Waals surface area contributed by atoms with Crippen LogP contribution in [0, 0.1) is 11.8 Å². The van der Waals surface area contributed by atoms with Crippen LogP contribution in [0.25, 0.3) is 27.8 Å². The predicted molar refractivity (Wildman–Crippen MR) is 164 cm³/mol. The van der Waals surface area contributed by atoms with Gasteiger partial charge in [-0.2, -0.15) is 0 Å². The van der Waals surface area contributed by atoms with Gasteiger partial charge in [0.1, 0.15) is 22.8 Å². The van der Waals surface area contributed by atoms with Crippen molar-refractivity contribution in [1.82, 2.24) is 9.88 Å². The van der Waals surface area contributed by atoms with Crippen molar-refractivity contribution in [3.8, 4) is 17.0 Å². The molecule has 0 bridgehead atoms. The Kier molecular flexibility index (Phi) is 6.53. The molecular formula is C34H35N3O7. The van der Waals surface area contributed by atoms with E-state index in [9.17, 15) is 34.8 Å². The number of carbonyl (C=O) groups excluding carboxylic acids is 3.